The molecule has 2 N–H and O–H groups in total. The average molecular weight is 238 g/mol. The molecule has 5 nitrogen and oxygen atoms in total. The summed E-state index contributed by atoms with van der Waals surface area (Å²) in [5.41, 5.74) is 0.277. The number of aromatic nitrogens is 1. The smallest absolute Gasteiger partial charge is 0.323 e. The van der Waals surface area contributed by atoms with Crippen molar-refractivity contribution in [1.29, 1.82) is 0 Å². The zero-order valence-electron chi connectivity index (χ0n) is 10.6. The van der Waals surface area contributed by atoms with Crippen LogP contribution in [0.1, 0.15) is 25.2 Å². The Labute approximate surface area is 101 Å². The second kappa shape index (κ2) is 4.71. The van der Waals surface area contributed by atoms with Crippen molar-refractivity contribution < 1.29 is 15.0 Å². The molecule has 0 atom stereocenters. The third-order valence-corrected chi connectivity index (χ3v) is 2.95. The first-order chi connectivity index (χ1) is 7.75. The number of aryl methyl sites for hydroxylation is 1. The molecule has 0 fully saturated rings. The minimum absolute atomic E-state index is 0.0867. The minimum Gasteiger partial charge on any atom is -0.506 e. The van der Waals surface area contributed by atoms with Gasteiger partial charge in [0, 0.05) is 12.2 Å². The fourth-order valence-corrected chi connectivity index (χ4v) is 1.31. The van der Waals surface area contributed by atoms with E-state index < -0.39 is 11.5 Å². The van der Waals surface area contributed by atoms with E-state index in [1.165, 1.54) is 0 Å². The van der Waals surface area contributed by atoms with E-state index in [-0.39, 0.29) is 12.3 Å². The van der Waals surface area contributed by atoms with Crippen LogP contribution in [0.15, 0.2) is 12.1 Å². The predicted octanol–water partition coefficient (Wildman–Crippen LogP) is 1.39. The normalized spacial score (nSPS) is 11.8. The monoisotopic (exact) mass is 238 g/mol. The van der Waals surface area contributed by atoms with Gasteiger partial charge in [0.15, 0.2) is 0 Å². The number of carboxylic acids is 1. The Balaban J connectivity index is 2.91. The van der Waals surface area contributed by atoms with Crippen molar-refractivity contribution in [2.24, 2.45) is 0 Å². The van der Waals surface area contributed by atoms with Crippen LogP contribution in [-0.2, 0) is 11.3 Å². The summed E-state index contributed by atoms with van der Waals surface area (Å²) in [6.45, 7) is 5.34. The lowest BCUT2D eigenvalue weighted by Crippen LogP contribution is -2.47. The summed E-state index contributed by atoms with van der Waals surface area (Å²) >= 11 is 0. The van der Waals surface area contributed by atoms with Gasteiger partial charge in [-0.15, -0.1) is 0 Å². The molecule has 1 aromatic heterocycles. The van der Waals surface area contributed by atoms with Gasteiger partial charge in [0.05, 0.1) is 5.69 Å². The van der Waals surface area contributed by atoms with Crippen LogP contribution in [0.2, 0.25) is 0 Å². The van der Waals surface area contributed by atoms with Gasteiger partial charge in [-0.1, -0.05) is 0 Å². The molecule has 0 bridgehead atoms. The molecule has 1 aromatic rings. The molecule has 1 rings (SSSR count). The second-order valence-electron chi connectivity index (χ2n) is 4.64. The standard InChI is InChI=1S/C12H18N2O3/c1-8-5-6-10(15)9(13-8)7-14(4)12(2,3)11(16)17/h5-6,15H,7H2,1-4H3,(H,16,17). The van der Waals surface area contributed by atoms with Gasteiger partial charge in [-0.3, -0.25) is 14.7 Å². The van der Waals surface area contributed by atoms with Crippen molar-refractivity contribution >= 4 is 5.97 Å². The maximum atomic E-state index is 11.1. The van der Waals surface area contributed by atoms with E-state index in [2.05, 4.69) is 4.98 Å². The third-order valence-electron chi connectivity index (χ3n) is 2.95. The highest BCUT2D eigenvalue weighted by Crippen LogP contribution is 2.20. The molecule has 0 radical (unpaired) electrons. The quantitative estimate of drug-likeness (QED) is 0.829. The number of carboxylic acid groups (broad SMARTS) is 1. The molecule has 0 amide bonds. The zero-order valence-corrected chi connectivity index (χ0v) is 10.6. The molecular formula is C12H18N2O3. The second-order valence-corrected chi connectivity index (χ2v) is 4.64. The minimum atomic E-state index is -1.00. The number of hydrogen-bond donors (Lipinski definition) is 2. The van der Waals surface area contributed by atoms with Gasteiger partial charge in [-0.05, 0) is 40.0 Å². The summed E-state index contributed by atoms with van der Waals surface area (Å²) < 4.78 is 0. The Bertz CT molecular complexity index is 430. The third kappa shape index (κ3) is 2.94. The number of nitrogens with zero attached hydrogens (tertiary/aromatic N) is 2. The van der Waals surface area contributed by atoms with Crippen LogP contribution in [0.3, 0.4) is 0 Å². The van der Waals surface area contributed by atoms with E-state index in [9.17, 15) is 9.90 Å². The highest BCUT2D eigenvalue weighted by molar-refractivity contribution is 5.77. The van der Waals surface area contributed by atoms with Crippen molar-refractivity contribution in [2.45, 2.75) is 32.9 Å². The largest absolute Gasteiger partial charge is 0.506 e. The molecule has 0 aliphatic heterocycles. The van der Waals surface area contributed by atoms with E-state index in [1.807, 2.05) is 6.92 Å². The Morgan fingerprint density at radius 3 is 2.59 bits per heavy atom. The van der Waals surface area contributed by atoms with Crippen molar-refractivity contribution in [2.75, 3.05) is 7.05 Å². The van der Waals surface area contributed by atoms with E-state index in [0.717, 1.165) is 5.69 Å². The molecular weight excluding hydrogens is 220 g/mol. The average Bonchev–Trinajstić information content (AvgIpc) is 2.23. The first-order valence-corrected chi connectivity index (χ1v) is 5.35. The highest BCUT2D eigenvalue weighted by atomic mass is 16.4. The predicted molar refractivity (Wildman–Crippen MR) is 63.8 cm³/mol. The number of rotatable bonds is 4. The van der Waals surface area contributed by atoms with Crippen LogP contribution < -0.4 is 0 Å². The molecule has 1 heterocycles. The van der Waals surface area contributed by atoms with Crippen molar-refractivity contribution in [3.05, 3.63) is 23.5 Å². The van der Waals surface area contributed by atoms with E-state index >= 15 is 0 Å². The number of hydrogen-bond acceptors (Lipinski definition) is 4. The van der Waals surface area contributed by atoms with Crippen LogP contribution in [0.4, 0.5) is 0 Å². The van der Waals surface area contributed by atoms with Crippen LogP contribution in [0.5, 0.6) is 5.75 Å². The SMILES string of the molecule is Cc1ccc(O)c(CN(C)C(C)(C)C(=O)O)n1. The number of aromatic hydroxyl groups is 1. The van der Waals surface area contributed by atoms with Gasteiger partial charge in [0.25, 0.3) is 0 Å². The van der Waals surface area contributed by atoms with Gasteiger partial charge < -0.3 is 10.2 Å². The number of pyridine rings is 1. The van der Waals surface area contributed by atoms with Crippen LogP contribution >= 0.6 is 0 Å². The van der Waals surface area contributed by atoms with E-state index in [1.54, 1.807) is 37.9 Å². The summed E-state index contributed by atoms with van der Waals surface area (Å²) in [6.07, 6.45) is 0. The van der Waals surface area contributed by atoms with Gasteiger partial charge in [-0.25, -0.2) is 0 Å². The lowest BCUT2D eigenvalue weighted by molar-refractivity contribution is -0.148. The molecule has 17 heavy (non-hydrogen) atoms. The first kappa shape index (κ1) is 13.4. The maximum absolute atomic E-state index is 11.1. The van der Waals surface area contributed by atoms with Crippen LogP contribution in [0, 0.1) is 6.92 Å². The van der Waals surface area contributed by atoms with Crippen molar-refractivity contribution in [3.63, 3.8) is 0 Å². The summed E-state index contributed by atoms with van der Waals surface area (Å²) in [5.74, 6) is -0.823. The molecule has 0 aromatic carbocycles. The van der Waals surface area contributed by atoms with Crippen molar-refractivity contribution in [3.8, 4) is 5.75 Å². The zero-order chi connectivity index (χ0) is 13.2. The van der Waals surface area contributed by atoms with E-state index in [4.69, 9.17) is 5.11 Å². The van der Waals surface area contributed by atoms with Crippen LogP contribution in [0.25, 0.3) is 0 Å². The number of aliphatic carboxylic acids is 1. The fraction of sp³-hybridized carbons (Fsp3) is 0.500. The molecule has 0 aliphatic carbocycles. The maximum Gasteiger partial charge on any atom is 0.323 e. The summed E-state index contributed by atoms with van der Waals surface area (Å²) in [7, 11) is 1.69. The molecule has 5 heteroatoms. The molecule has 0 saturated carbocycles. The molecule has 0 saturated heterocycles. The Hall–Kier alpha value is -1.62. The van der Waals surface area contributed by atoms with Crippen molar-refractivity contribution in [1.82, 2.24) is 9.88 Å². The molecule has 0 aliphatic rings. The van der Waals surface area contributed by atoms with Gasteiger partial charge in [0.1, 0.15) is 11.3 Å². The number of likely N-dealkylation sites (N-methyl/N-ethyl adjacent to an activating group) is 1. The Morgan fingerprint density at radius 2 is 2.06 bits per heavy atom. The lowest BCUT2D eigenvalue weighted by atomic mass is 10.0. The summed E-state index contributed by atoms with van der Waals surface area (Å²) in [6, 6.07) is 3.28. The number of carbonyl (C=O) groups is 1. The highest BCUT2D eigenvalue weighted by Gasteiger charge is 2.32. The van der Waals surface area contributed by atoms with Gasteiger partial charge >= 0.3 is 5.97 Å². The molecule has 0 unspecified atom stereocenters. The Kier molecular flexibility index (Phi) is 3.72. The lowest BCUT2D eigenvalue weighted by Gasteiger charge is -2.31. The van der Waals surface area contributed by atoms with Gasteiger partial charge in [0.2, 0.25) is 0 Å². The van der Waals surface area contributed by atoms with E-state index in [0.29, 0.717) is 5.69 Å². The molecule has 0 spiro atoms. The van der Waals surface area contributed by atoms with Crippen LogP contribution in [-0.4, -0.2) is 38.7 Å². The summed E-state index contributed by atoms with van der Waals surface area (Å²) in [4.78, 5) is 16.9. The fourth-order valence-electron chi connectivity index (χ4n) is 1.31. The first-order valence-electron chi connectivity index (χ1n) is 5.35. The molecule has 94 valence electrons. The van der Waals surface area contributed by atoms with Gasteiger partial charge in [-0.2, -0.15) is 0 Å². The summed E-state index contributed by atoms with van der Waals surface area (Å²) in [5, 5.41) is 18.7. The topological polar surface area (TPSA) is 73.7 Å². The Morgan fingerprint density at radius 1 is 1.47 bits per heavy atom.